The fourth-order valence-electron chi connectivity index (χ4n) is 4.07. The number of nitrogens with zero attached hydrogens (tertiary/aromatic N) is 3. The maximum atomic E-state index is 12.6. The molecular weight excluding hydrogens is 356 g/mol. The summed E-state index contributed by atoms with van der Waals surface area (Å²) < 4.78 is 2.26. The van der Waals surface area contributed by atoms with Crippen molar-refractivity contribution in [1.29, 1.82) is 0 Å². The predicted octanol–water partition coefficient (Wildman–Crippen LogP) is 4.00. The zero-order chi connectivity index (χ0) is 18.8. The van der Waals surface area contributed by atoms with Crippen LogP contribution in [0.25, 0.3) is 21.6 Å². The molecule has 3 heterocycles. The first-order chi connectivity index (χ1) is 13.2. The molecule has 5 nitrogen and oxygen atoms in total. The number of carbonyl (C=O) groups is 1. The summed E-state index contributed by atoms with van der Waals surface area (Å²) >= 11 is 1.54. The van der Waals surface area contributed by atoms with Crippen molar-refractivity contribution in [3.05, 3.63) is 41.4 Å². The fraction of sp³-hybridized carbons (Fsp3) is 0.429. The van der Waals surface area contributed by atoms with E-state index in [-0.39, 0.29) is 5.91 Å². The van der Waals surface area contributed by atoms with E-state index in [9.17, 15) is 4.79 Å². The molecule has 1 aliphatic heterocycles. The first kappa shape index (κ1) is 18.2. The average molecular weight is 383 g/mol. The molecule has 2 aromatic heterocycles. The van der Waals surface area contributed by atoms with Crippen LogP contribution >= 0.6 is 11.3 Å². The first-order valence-electron chi connectivity index (χ1n) is 9.77. The number of likely N-dealkylation sites (tertiary alicyclic amines) is 1. The van der Waals surface area contributed by atoms with Crippen molar-refractivity contribution in [3.8, 4) is 10.7 Å². The monoisotopic (exact) mass is 382 g/mol. The summed E-state index contributed by atoms with van der Waals surface area (Å²) in [6.45, 7) is 8.08. The smallest absolute Gasteiger partial charge is 0.270 e. The van der Waals surface area contributed by atoms with Gasteiger partial charge in [0, 0.05) is 35.4 Å². The molecule has 0 bridgehead atoms. The zero-order valence-corrected chi connectivity index (χ0v) is 16.8. The summed E-state index contributed by atoms with van der Waals surface area (Å²) in [6, 6.07) is 11.0. The molecule has 1 atom stereocenters. The van der Waals surface area contributed by atoms with E-state index in [4.69, 9.17) is 0 Å². The van der Waals surface area contributed by atoms with Crippen molar-refractivity contribution in [1.82, 2.24) is 19.8 Å². The SMILES string of the molecule is CCN1CCCC1CNC(=O)c1csc(-c2cc3ccccc3n2CC)n1. The molecule has 1 saturated heterocycles. The molecule has 1 unspecified atom stereocenters. The van der Waals surface area contributed by atoms with E-state index in [1.54, 1.807) is 0 Å². The van der Waals surface area contributed by atoms with Gasteiger partial charge in [0.2, 0.25) is 0 Å². The molecule has 0 spiro atoms. The van der Waals surface area contributed by atoms with Crippen molar-refractivity contribution < 1.29 is 4.79 Å². The number of aryl methyl sites for hydroxylation is 1. The fourth-order valence-corrected chi connectivity index (χ4v) is 4.89. The number of aromatic nitrogens is 2. The highest BCUT2D eigenvalue weighted by atomic mass is 32.1. The number of benzene rings is 1. The van der Waals surface area contributed by atoms with Gasteiger partial charge in [0.05, 0.1) is 5.69 Å². The second-order valence-corrected chi connectivity index (χ2v) is 7.86. The minimum Gasteiger partial charge on any atom is -0.349 e. The van der Waals surface area contributed by atoms with Crippen molar-refractivity contribution >= 4 is 28.1 Å². The lowest BCUT2D eigenvalue weighted by Gasteiger charge is -2.22. The van der Waals surface area contributed by atoms with Gasteiger partial charge in [-0.1, -0.05) is 25.1 Å². The highest BCUT2D eigenvalue weighted by molar-refractivity contribution is 7.13. The Morgan fingerprint density at radius 3 is 2.96 bits per heavy atom. The van der Waals surface area contributed by atoms with Crippen LogP contribution in [0.3, 0.4) is 0 Å². The minimum absolute atomic E-state index is 0.0698. The molecule has 4 rings (SSSR count). The summed E-state index contributed by atoms with van der Waals surface area (Å²) in [5, 5.41) is 7.05. The van der Waals surface area contributed by atoms with Crippen molar-refractivity contribution in [3.63, 3.8) is 0 Å². The molecule has 0 saturated carbocycles. The van der Waals surface area contributed by atoms with E-state index in [1.165, 1.54) is 28.7 Å². The number of carbonyl (C=O) groups excluding carboxylic acids is 1. The van der Waals surface area contributed by atoms with E-state index in [0.29, 0.717) is 18.3 Å². The Hall–Kier alpha value is -2.18. The van der Waals surface area contributed by atoms with Crippen molar-refractivity contribution in [2.45, 2.75) is 39.3 Å². The lowest BCUT2D eigenvalue weighted by atomic mass is 10.2. The lowest BCUT2D eigenvalue weighted by Crippen LogP contribution is -2.40. The number of hydrogen-bond donors (Lipinski definition) is 1. The predicted molar refractivity (Wildman–Crippen MR) is 111 cm³/mol. The molecule has 1 amide bonds. The van der Waals surface area contributed by atoms with Gasteiger partial charge in [-0.05, 0) is 45.0 Å². The van der Waals surface area contributed by atoms with Crippen LogP contribution in [0.15, 0.2) is 35.7 Å². The van der Waals surface area contributed by atoms with E-state index in [0.717, 1.165) is 36.8 Å². The third-order valence-electron chi connectivity index (χ3n) is 5.49. The van der Waals surface area contributed by atoms with Gasteiger partial charge in [0.15, 0.2) is 0 Å². The number of likely N-dealkylation sites (N-methyl/N-ethyl adjacent to an activating group) is 1. The molecule has 1 N–H and O–H groups in total. The molecule has 3 aromatic rings. The Bertz CT molecular complexity index is 945. The third-order valence-corrected chi connectivity index (χ3v) is 6.35. The third kappa shape index (κ3) is 3.51. The largest absolute Gasteiger partial charge is 0.349 e. The Kier molecular flexibility index (Phi) is 5.27. The maximum absolute atomic E-state index is 12.6. The van der Waals surface area contributed by atoms with Gasteiger partial charge in [-0.3, -0.25) is 9.69 Å². The number of fused-ring (bicyclic) bond motifs is 1. The van der Waals surface area contributed by atoms with Crippen LogP contribution in [-0.2, 0) is 6.54 Å². The summed E-state index contributed by atoms with van der Waals surface area (Å²) in [4.78, 5) is 19.7. The van der Waals surface area contributed by atoms with Gasteiger partial charge in [-0.15, -0.1) is 11.3 Å². The number of rotatable bonds is 6. The molecule has 1 aliphatic rings. The van der Waals surface area contributed by atoms with Gasteiger partial charge < -0.3 is 9.88 Å². The number of amides is 1. The van der Waals surface area contributed by atoms with Crippen LogP contribution < -0.4 is 5.32 Å². The summed E-state index contributed by atoms with van der Waals surface area (Å²) in [7, 11) is 0. The Morgan fingerprint density at radius 2 is 2.15 bits per heavy atom. The molecule has 142 valence electrons. The number of hydrogen-bond acceptors (Lipinski definition) is 4. The molecule has 0 radical (unpaired) electrons. The van der Waals surface area contributed by atoms with Crippen LogP contribution in [0, 0.1) is 0 Å². The second-order valence-electron chi connectivity index (χ2n) is 7.01. The number of para-hydroxylation sites is 1. The summed E-state index contributed by atoms with van der Waals surface area (Å²) in [5.41, 5.74) is 2.80. The van der Waals surface area contributed by atoms with Gasteiger partial charge in [0.1, 0.15) is 10.7 Å². The Balaban J connectivity index is 1.51. The summed E-state index contributed by atoms with van der Waals surface area (Å²) in [5.74, 6) is -0.0698. The highest BCUT2D eigenvalue weighted by Gasteiger charge is 2.24. The standard InChI is InChI=1S/C21H26N4OS/c1-3-24-11-7-9-16(24)13-22-20(26)17-14-27-21(23-17)19-12-15-8-5-6-10-18(15)25(19)4-2/h5-6,8,10,12,14,16H,3-4,7,9,11,13H2,1-2H3,(H,22,26). The summed E-state index contributed by atoms with van der Waals surface area (Å²) in [6.07, 6.45) is 2.38. The van der Waals surface area contributed by atoms with Crippen LogP contribution in [0.5, 0.6) is 0 Å². The van der Waals surface area contributed by atoms with Crippen molar-refractivity contribution in [2.75, 3.05) is 19.6 Å². The molecule has 6 heteroatoms. The second kappa shape index (κ2) is 7.82. The van der Waals surface area contributed by atoms with Gasteiger partial charge in [-0.25, -0.2) is 4.98 Å². The van der Waals surface area contributed by atoms with E-state index in [2.05, 4.69) is 63.9 Å². The molecule has 1 aromatic carbocycles. The minimum atomic E-state index is -0.0698. The average Bonchev–Trinajstić information content (AvgIpc) is 3.42. The van der Waals surface area contributed by atoms with Crippen LogP contribution in [0.2, 0.25) is 0 Å². The normalized spacial score (nSPS) is 17.6. The topological polar surface area (TPSA) is 50.2 Å². The highest BCUT2D eigenvalue weighted by Crippen LogP contribution is 2.30. The molecular formula is C21H26N4OS. The van der Waals surface area contributed by atoms with E-state index < -0.39 is 0 Å². The quantitative estimate of drug-likeness (QED) is 0.701. The molecule has 1 fully saturated rings. The van der Waals surface area contributed by atoms with E-state index >= 15 is 0 Å². The maximum Gasteiger partial charge on any atom is 0.270 e. The van der Waals surface area contributed by atoms with Crippen LogP contribution in [-0.4, -0.2) is 46.0 Å². The van der Waals surface area contributed by atoms with Crippen LogP contribution in [0.1, 0.15) is 37.2 Å². The number of thiazole rings is 1. The molecule has 0 aliphatic carbocycles. The van der Waals surface area contributed by atoms with Crippen molar-refractivity contribution in [2.24, 2.45) is 0 Å². The van der Waals surface area contributed by atoms with E-state index in [1.807, 2.05) is 5.38 Å². The zero-order valence-electron chi connectivity index (χ0n) is 15.9. The number of nitrogens with one attached hydrogen (secondary N) is 1. The lowest BCUT2D eigenvalue weighted by molar-refractivity contribution is 0.0937. The van der Waals surface area contributed by atoms with Gasteiger partial charge in [-0.2, -0.15) is 0 Å². The van der Waals surface area contributed by atoms with Gasteiger partial charge in [0.25, 0.3) is 5.91 Å². The first-order valence-corrected chi connectivity index (χ1v) is 10.7. The molecule has 27 heavy (non-hydrogen) atoms. The Labute approximate surface area is 164 Å². The van der Waals surface area contributed by atoms with Gasteiger partial charge >= 0.3 is 0 Å². The Morgan fingerprint density at radius 1 is 1.30 bits per heavy atom. The van der Waals surface area contributed by atoms with Crippen LogP contribution in [0.4, 0.5) is 0 Å².